The SMILES string of the molecule is O=C(NCc1ccn2ccnc2c1)Nc1ccc(C2CCN(C(=O)c3ccccc3)CC2)cc1. The summed E-state index contributed by atoms with van der Waals surface area (Å²) in [4.78, 5) is 31.2. The maximum absolute atomic E-state index is 12.7. The molecule has 2 aromatic heterocycles. The van der Waals surface area contributed by atoms with Crippen molar-refractivity contribution in [3.63, 3.8) is 0 Å². The van der Waals surface area contributed by atoms with Crippen molar-refractivity contribution in [3.05, 3.63) is 102 Å². The van der Waals surface area contributed by atoms with Crippen LogP contribution in [0.5, 0.6) is 0 Å². The molecule has 0 radical (unpaired) electrons. The van der Waals surface area contributed by atoms with E-state index in [0.29, 0.717) is 12.5 Å². The Morgan fingerprint density at radius 1 is 0.941 bits per heavy atom. The number of imidazole rings is 1. The van der Waals surface area contributed by atoms with Gasteiger partial charge in [-0.25, -0.2) is 9.78 Å². The summed E-state index contributed by atoms with van der Waals surface area (Å²) in [5, 5.41) is 5.78. The molecule has 172 valence electrons. The van der Waals surface area contributed by atoms with E-state index in [1.165, 1.54) is 5.56 Å². The number of likely N-dealkylation sites (tertiary alicyclic amines) is 1. The summed E-state index contributed by atoms with van der Waals surface area (Å²) < 4.78 is 1.93. The second-order valence-corrected chi connectivity index (χ2v) is 8.59. The fourth-order valence-corrected chi connectivity index (χ4v) is 4.44. The Labute approximate surface area is 198 Å². The minimum absolute atomic E-state index is 0.106. The van der Waals surface area contributed by atoms with Gasteiger partial charge in [-0.05, 0) is 66.3 Å². The number of fused-ring (bicyclic) bond motifs is 1. The molecule has 7 heteroatoms. The number of nitrogens with zero attached hydrogens (tertiary/aromatic N) is 3. The van der Waals surface area contributed by atoms with E-state index in [1.54, 1.807) is 6.20 Å². The molecule has 34 heavy (non-hydrogen) atoms. The van der Waals surface area contributed by atoms with Crippen LogP contribution >= 0.6 is 0 Å². The zero-order valence-corrected chi connectivity index (χ0v) is 18.9. The molecule has 0 unspecified atom stereocenters. The van der Waals surface area contributed by atoms with Gasteiger partial charge in [-0.1, -0.05) is 30.3 Å². The highest BCUT2D eigenvalue weighted by molar-refractivity contribution is 5.94. The van der Waals surface area contributed by atoms with E-state index in [1.807, 2.05) is 76.3 Å². The maximum Gasteiger partial charge on any atom is 0.319 e. The molecule has 0 aliphatic carbocycles. The van der Waals surface area contributed by atoms with Crippen molar-refractivity contribution in [1.29, 1.82) is 0 Å². The summed E-state index contributed by atoms with van der Waals surface area (Å²) in [7, 11) is 0. The summed E-state index contributed by atoms with van der Waals surface area (Å²) >= 11 is 0. The molecule has 0 atom stereocenters. The third kappa shape index (κ3) is 4.93. The highest BCUT2D eigenvalue weighted by Crippen LogP contribution is 2.29. The van der Waals surface area contributed by atoms with E-state index in [-0.39, 0.29) is 11.9 Å². The van der Waals surface area contributed by atoms with Crippen molar-refractivity contribution < 1.29 is 9.59 Å². The average Bonchev–Trinajstić information content (AvgIpc) is 3.36. The van der Waals surface area contributed by atoms with Gasteiger partial charge in [0.2, 0.25) is 0 Å². The predicted octanol–water partition coefficient (Wildman–Crippen LogP) is 4.68. The number of amides is 3. The van der Waals surface area contributed by atoms with E-state index in [2.05, 4.69) is 27.8 Å². The Morgan fingerprint density at radius 2 is 1.71 bits per heavy atom. The van der Waals surface area contributed by atoms with Crippen LogP contribution in [0.1, 0.15) is 40.2 Å². The fourth-order valence-electron chi connectivity index (χ4n) is 4.44. The van der Waals surface area contributed by atoms with Crippen molar-refractivity contribution in [3.8, 4) is 0 Å². The van der Waals surface area contributed by atoms with Gasteiger partial charge < -0.3 is 19.9 Å². The first kappa shape index (κ1) is 21.7. The summed E-state index contributed by atoms with van der Waals surface area (Å²) in [6, 6.07) is 21.1. The van der Waals surface area contributed by atoms with Gasteiger partial charge >= 0.3 is 6.03 Å². The number of carbonyl (C=O) groups excluding carboxylic acids is 2. The number of urea groups is 1. The highest BCUT2D eigenvalue weighted by Gasteiger charge is 2.24. The van der Waals surface area contributed by atoms with Crippen LogP contribution in [0, 0.1) is 0 Å². The third-order valence-corrected chi connectivity index (χ3v) is 6.36. The average molecular weight is 454 g/mol. The maximum atomic E-state index is 12.7. The Hall–Kier alpha value is -4.13. The van der Waals surface area contributed by atoms with Gasteiger partial charge in [-0.15, -0.1) is 0 Å². The Kier molecular flexibility index (Phi) is 6.25. The van der Waals surface area contributed by atoms with Gasteiger partial charge in [-0.2, -0.15) is 0 Å². The molecule has 5 rings (SSSR count). The van der Waals surface area contributed by atoms with Gasteiger partial charge in [0.05, 0.1) is 0 Å². The van der Waals surface area contributed by atoms with E-state index >= 15 is 0 Å². The molecule has 0 bridgehead atoms. The molecule has 0 spiro atoms. The molecule has 0 saturated carbocycles. The molecule has 1 aliphatic rings. The van der Waals surface area contributed by atoms with Crippen LogP contribution in [0.4, 0.5) is 10.5 Å². The summed E-state index contributed by atoms with van der Waals surface area (Å²) in [6.45, 7) is 1.93. The molecule has 3 amide bonds. The molecule has 1 saturated heterocycles. The van der Waals surface area contributed by atoms with Crippen molar-refractivity contribution in [2.75, 3.05) is 18.4 Å². The van der Waals surface area contributed by atoms with Crippen molar-refractivity contribution in [2.24, 2.45) is 0 Å². The monoisotopic (exact) mass is 453 g/mol. The Bertz CT molecular complexity index is 1280. The van der Waals surface area contributed by atoms with E-state index < -0.39 is 0 Å². The van der Waals surface area contributed by atoms with Crippen LogP contribution in [0.25, 0.3) is 5.65 Å². The summed E-state index contributed by atoms with van der Waals surface area (Å²) in [5.74, 6) is 0.523. The zero-order valence-electron chi connectivity index (χ0n) is 18.9. The van der Waals surface area contributed by atoms with Crippen LogP contribution in [0.2, 0.25) is 0 Å². The molecule has 4 aromatic rings. The molecule has 2 N–H and O–H groups in total. The minimum Gasteiger partial charge on any atom is -0.339 e. The molecular formula is C27H27N5O2. The van der Waals surface area contributed by atoms with Gasteiger partial charge in [0.1, 0.15) is 5.65 Å². The van der Waals surface area contributed by atoms with Crippen LogP contribution < -0.4 is 10.6 Å². The lowest BCUT2D eigenvalue weighted by Crippen LogP contribution is -2.37. The Balaban J connectivity index is 1.10. The first-order valence-corrected chi connectivity index (χ1v) is 11.6. The number of nitrogens with one attached hydrogen (secondary N) is 2. The normalized spacial score (nSPS) is 14.2. The number of benzene rings is 2. The smallest absolute Gasteiger partial charge is 0.319 e. The van der Waals surface area contributed by atoms with Crippen LogP contribution in [0.3, 0.4) is 0 Å². The molecule has 1 aliphatic heterocycles. The molecule has 3 heterocycles. The third-order valence-electron chi connectivity index (χ3n) is 6.36. The fraction of sp³-hybridized carbons (Fsp3) is 0.222. The quantitative estimate of drug-likeness (QED) is 0.461. The predicted molar refractivity (Wildman–Crippen MR) is 132 cm³/mol. The molecule has 7 nitrogen and oxygen atoms in total. The number of hydrogen-bond donors (Lipinski definition) is 2. The number of piperidine rings is 1. The number of aromatic nitrogens is 2. The number of hydrogen-bond acceptors (Lipinski definition) is 3. The van der Waals surface area contributed by atoms with Crippen molar-refractivity contribution in [2.45, 2.75) is 25.3 Å². The summed E-state index contributed by atoms with van der Waals surface area (Å²) in [6.07, 6.45) is 7.43. The second kappa shape index (κ2) is 9.79. The summed E-state index contributed by atoms with van der Waals surface area (Å²) in [5.41, 5.74) is 4.58. The molecule has 1 fully saturated rings. The lowest BCUT2D eigenvalue weighted by molar-refractivity contribution is 0.0713. The standard InChI is InChI=1S/C27H27N5O2/c33-26(23-4-2-1-3-5-23)32-15-11-22(12-16-32)21-6-8-24(9-7-21)30-27(34)29-19-20-10-14-31-17-13-28-25(31)18-20/h1-10,13-14,17-18,22H,11-12,15-16,19H2,(H2,29,30,34). The van der Waals surface area contributed by atoms with E-state index in [9.17, 15) is 9.59 Å². The number of pyridine rings is 1. The zero-order chi connectivity index (χ0) is 23.3. The highest BCUT2D eigenvalue weighted by atomic mass is 16.2. The lowest BCUT2D eigenvalue weighted by Gasteiger charge is -2.32. The first-order valence-electron chi connectivity index (χ1n) is 11.6. The van der Waals surface area contributed by atoms with Crippen LogP contribution in [-0.4, -0.2) is 39.3 Å². The van der Waals surface area contributed by atoms with Crippen molar-refractivity contribution >= 4 is 23.3 Å². The topological polar surface area (TPSA) is 78.7 Å². The Morgan fingerprint density at radius 3 is 2.47 bits per heavy atom. The van der Waals surface area contributed by atoms with Gasteiger partial charge in [0.25, 0.3) is 5.91 Å². The van der Waals surface area contributed by atoms with Crippen LogP contribution in [0.15, 0.2) is 85.3 Å². The van der Waals surface area contributed by atoms with Gasteiger partial charge in [0, 0.05) is 49.5 Å². The van der Waals surface area contributed by atoms with Crippen LogP contribution in [-0.2, 0) is 6.54 Å². The lowest BCUT2D eigenvalue weighted by atomic mass is 9.89. The first-order chi connectivity index (χ1) is 16.7. The van der Waals surface area contributed by atoms with E-state index in [4.69, 9.17) is 0 Å². The number of anilines is 1. The largest absolute Gasteiger partial charge is 0.339 e. The molecular weight excluding hydrogens is 426 g/mol. The number of carbonyl (C=O) groups is 2. The van der Waals surface area contributed by atoms with E-state index in [0.717, 1.165) is 48.4 Å². The number of rotatable bonds is 5. The molecule has 2 aromatic carbocycles. The van der Waals surface area contributed by atoms with Crippen molar-refractivity contribution in [1.82, 2.24) is 19.6 Å². The minimum atomic E-state index is -0.247. The van der Waals surface area contributed by atoms with Gasteiger partial charge in [0.15, 0.2) is 0 Å². The van der Waals surface area contributed by atoms with Gasteiger partial charge in [-0.3, -0.25) is 4.79 Å². The second-order valence-electron chi connectivity index (χ2n) is 8.59.